The van der Waals surface area contributed by atoms with Gasteiger partial charge in [0.2, 0.25) is 5.95 Å². The lowest BCUT2D eigenvalue weighted by Crippen LogP contribution is -2.16. The van der Waals surface area contributed by atoms with Crippen LogP contribution in [-0.2, 0) is 9.53 Å². The second-order valence-corrected chi connectivity index (χ2v) is 2.00. The molecule has 5 nitrogen and oxygen atoms in total. The summed E-state index contributed by atoms with van der Waals surface area (Å²) < 4.78 is 4.41. The van der Waals surface area contributed by atoms with Crippen LogP contribution < -0.4 is 5.32 Å². The molecule has 1 heterocycles. The Morgan fingerprint density at radius 3 is 2.83 bits per heavy atom. The molecule has 0 atom stereocenters. The highest BCUT2D eigenvalue weighted by molar-refractivity contribution is 5.73. The normalized spacial score (nSPS) is 9.08. The van der Waals surface area contributed by atoms with Crippen LogP contribution in [-0.4, -0.2) is 29.6 Å². The van der Waals surface area contributed by atoms with Crippen LogP contribution in [0.25, 0.3) is 0 Å². The van der Waals surface area contributed by atoms with Gasteiger partial charge in [-0.15, -0.1) is 0 Å². The fourth-order valence-electron chi connectivity index (χ4n) is 0.614. The molecule has 0 amide bonds. The zero-order valence-electron chi connectivity index (χ0n) is 6.65. The van der Waals surface area contributed by atoms with Gasteiger partial charge in [-0.3, -0.25) is 4.79 Å². The summed E-state index contributed by atoms with van der Waals surface area (Å²) in [4.78, 5) is 18.4. The lowest BCUT2D eigenvalue weighted by atomic mass is 10.6. The van der Waals surface area contributed by atoms with Crippen LogP contribution in [0.2, 0.25) is 0 Å². The van der Waals surface area contributed by atoms with Gasteiger partial charge in [0.15, 0.2) is 0 Å². The van der Waals surface area contributed by atoms with Gasteiger partial charge in [0, 0.05) is 12.4 Å². The summed E-state index contributed by atoms with van der Waals surface area (Å²) in [6.45, 7) is 0.0838. The molecule has 0 saturated heterocycles. The van der Waals surface area contributed by atoms with Crippen molar-refractivity contribution < 1.29 is 9.53 Å². The molecule has 1 N–H and O–H groups in total. The second kappa shape index (κ2) is 4.27. The zero-order valence-corrected chi connectivity index (χ0v) is 6.65. The molecule has 0 saturated carbocycles. The molecular weight excluding hydrogens is 158 g/mol. The lowest BCUT2D eigenvalue weighted by Gasteiger charge is -2.00. The Morgan fingerprint density at radius 1 is 1.58 bits per heavy atom. The van der Waals surface area contributed by atoms with Gasteiger partial charge < -0.3 is 10.1 Å². The standard InChI is InChI=1S/C7H9N3O2/c1-12-6(11)5-10-7-8-3-2-4-9-7/h2-4H,5H2,1H3,(H,8,9,10). The van der Waals surface area contributed by atoms with Crippen molar-refractivity contribution in [1.29, 1.82) is 0 Å². The van der Waals surface area contributed by atoms with Crippen LogP contribution >= 0.6 is 0 Å². The highest BCUT2D eigenvalue weighted by atomic mass is 16.5. The van der Waals surface area contributed by atoms with Crippen molar-refractivity contribution in [3.8, 4) is 0 Å². The maximum absolute atomic E-state index is 10.6. The average molecular weight is 167 g/mol. The molecule has 0 fully saturated rings. The van der Waals surface area contributed by atoms with E-state index >= 15 is 0 Å². The summed E-state index contributed by atoms with van der Waals surface area (Å²) in [5, 5.41) is 2.70. The Bertz CT molecular complexity index is 250. The summed E-state index contributed by atoms with van der Waals surface area (Å²) in [7, 11) is 1.33. The predicted octanol–water partition coefficient (Wildman–Crippen LogP) is 0.0615. The first-order valence-corrected chi connectivity index (χ1v) is 3.40. The average Bonchev–Trinajstić information content (AvgIpc) is 2.16. The van der Waals surface area contributed by atoms with E-state index in [1.54, 1.807) is 18.5 Å². The molecule has 0 aliphatic carbocycles. The van der Waals surface area contributed by atoms with E-state index in [1.807, 2.05) is 0 Å². The van der Waals surface area contributed by atoms with Crippen LogP contribution in [0.4, 0.5) is 5.95 Å². The first-order valence-electron chi connectivity index (χ1n) is 3.40. The maximum atomic E-state index is 10.6. The number of hydrogen-bond acceptors (Lipinski definition) is 5. The minimum atomic E-state index is -0.345. The van der Waals surface area contributed by atoms with Gasteiger partial charge in [0.05, 0.1) is 7.11 Å². The molecule has 12 heavy (non-hydrogen) atoms. The van der Waals surface area contributed by atoms with E-state index in [4.69, 9.17) is 0 Å². The van der Waals surface area contributed by atoms with E-state index in [2.05, 4.69) is 20.0 Å². The molecule has 0 spiro atoms. The number of esters is 1. The van der Waals surface area contributed by atoms with Crippen molar-refractivity contribution in [3.05, 3.63) is 18.5 Å². The smallest absolute Gasteiger partial charge is 0.325 e. The zero-order chi connectivity index (χ0) is 8.81. The van der Waals surface area contributed by atoms with Crippen molar-refractivity contribution in [2.75, 3.05) is 19.0 Å². The monoisotopic (exact) mass is 167 g/mol. The van der Waals surface area contributed by atoms with Gasteiger partial charge in [-0.2, -0.15) is 0 Å². The quantitative estimate of drug-likeness (QED) is 0.645. The maximum Gasteiger partial charge on any atom is 0.325 e. The second-order valence-electron chi connectivity index (χ2n) is 2.00. The SMILES string of the molecule is COC(=O)CNc1ncccn1. The number of carbonyl (C=O) groups is 1. The molecule has 0 radical (unpaired) electrons. The molecule has 0 bridgehead atoms. The third-order valence-electron chi connectivity index (χ3n) is 1.18. The van der Waals surface area contributed by atoms with E-state index in [-0.39, 0.29) is 12.5 Å². The number of aromatic nitrogens is 2. The predicted molar refractivity (Wildman–Crippen MR) is 42.5 cm³/mol. The minimum absolute atomic E-state index is 0.0838. The number of carbonyl (C=O) groups excluding carboxylic acids is 1. The fraction of sp³-hybridized carbons (Fsp3) is 0.286. The molecular formula is C7H9N3O2. The number of nitrogens with zero attached hydrogens (tertiary/aromatic N) is 2. The summed E-state index contributed by atoms with van der Waals surface area (Å²) in [5.41, 5.74) is 0. The molecule has 1 aromatic rings. The Hall–Kier alpha value is -1.65. The molecule has 0 aromatic carbocycles. The summed E-state index contributed by atoms with van der Waals surface area (Å²) in [5.74, 6) is 0.0744. The van der Waals surface area contributed by atoms with Crippen molar-refractivity contribution in [3.63, 3.8) is 0 Å². The molecule has 0 aliphatic rings. The number of anilines is 1. The minimum Gasteiger partial charge on any atom is -0.468 e. The molecule has 64 valence electrons. The fourth-order valence-corrected chi connectivity index (χ4v) is 0.614. The Balaban J connectivity index is 2.38. The number of nitrogens with one attached hydrogen (secondary N) is 1. The Labute approximate surface area is 69.8 Å². The van der Waals surface area contributed by atoms with Gasteiger partial charge in [-0.1, -0.05) is 0 Å². The van der Waals surface area contributed by atoms with Crippen molar-refractivity contribution >= 4 is 11.9 Å². The number of hydrogen-bond donors (Lipinski definition) is 1. The van der Waals surface area contributed by atoms with Gasteiger partial charge >= 0.3 is 5.97 Å². The Morgan fingerprint density at radius 2 is 2.25 bits per heavy atom. The summed E-state index contributed by atoms with van der Waals surface area (Å²) in [6.07, 6.45) is 3.18. The molecule has 0 aliphatic heterocycles. The Kier molecular flexibility index (Phi) is 3.01. The lowest BCUT2D eigenvalue weighted by molar-refractivity contribution is -0.138. The largest absolute Gasteiger partial charge is 0.468 e. The topological polar surface area (TPSA) is 64.1 Å². The number of rotatable bonds is 3. The summed E-state index contributed by atoms with van der Waals surface area (Å²) in [6, 6.07) is 1.70. The van der Waals surface area contributed by atoms with Crippen LogP contribution in [0.3, 0.4) is 0 Å². The number of methoxy groups -OCH3 is 1. The molecule has 0 unspecified atom stereocenters. The summed E-state index contributed by atoms with van der Waals surface area (Å²) >= 11 is 0. The third-order valence-corrected chi connectivity index (χ3v) is 1.18. The van der Waals surface area contributed by atoms with Crippen LogP contribution in [0.15, 0.2) is 18.5 Å². The van der Waals surface area contributed by atoms with Crippen LogP contribution in [0.1, 0.15) is 0 Å². The van der Waals surface area contributed by atoms with Gasteiger partial charge in [-0.05, 0) is 6.07 Å². The van der Waals surface area contributed by atoms with E-state index in [0.29, 0.717) is 5.95 Å². The van der Waals surface area contributed by atoms with Crippen molar-refractivity contribution in [2.45, 2.75) is 0 Å². The van der Waals surface area contributed by atoms with E-state index in [9.17, 15) is 4.79 Å². The molecule has 1 rings (SSSR count). The highest BCUT2D eigenvalue weighted by Gasteiger charge is 1.99. The molecule has 1 aromatic heterocycles. The van der Waals surface area contributed by atoms with E-state index < -0.39 is 0 Å². The van der Waals surface area contributed by atoms with E-state index in [0.717, 1.165) is 0 Å². The van der Waals surface area contributed by atoms with Crippen molar-refractivity contribution in [2.24, 2.45) is 0 Å². The first kappa shape index (κ1) is 8.45. The van der Waals surface area contributed by atoms with E-state index in [1.165, 1.54) is 7.11 Å². The van der Waals surface area contributed by atoms with Gasteiger partial charge in [0.25, 0.3) is 0 Å². The first-order chi connectivity index (χ1) is 5.83. The molecule has 5 heteroatoms. The van der Waals surface area contributed by atoms with Crippen LogP contribution in [0, 0.1) is 0 Å². The van der Waals surface area contributed by atoms with Crippen LogP contribution in [0.5, 0.6) is 0 Å². The van der Waals surface area contributed by atoms with Crippen molar-refractivity contribution in [1.82, 2.24) is 9.97 Å². The van der Waals surface area contributed by atoms with Gasteiger partial charge in [-0.25, -0.2) is 9.97 Å². The third kappa shape index (κ3) is 2.53. The number of ether oxygens (including phenoxy) is 1. The highest BCUT2D eigenvalue weighted by Crippen LogP contribution is 1.92. The van der Waals surface area contributed by atoms with Gasteiger partial charge in [0.1, 0.15) is 6.54 Å².